The van der Waals surface area contributed by atoms with Crippen LogP contribution in [0.25, 0.3) is 0 Å². The first-order chi connectivity index (χ1) is 5.96. The van der Waals surface area contributed by atoms with Crippen molar-refractivity contribution in [3.8, 4) is 0 Å². The Morgan fingerprint density at radius 1 is 1.29 bits per heavy atom. The Labute approximate surface area is 87.0 Å². The van der Waals surface area contributed by atoms with Gasteiger partial charge in [-0.25, -0.2) is 0 Å². The molecule has 0 aromatic heterocycles. The number of nitrogens with zero attached hydrogens (tertiary/aromatic N) is 1. The fourth-order valence-electron chi connectivity index (χ4n) is 0.629. The van der Waals surface area contributed by atoms with Gasteiger partial charge >= 0.3 is 0 Å². The van der Waals surface area contributed by atoms with Crippen LogP contribution in [0.5, 0.6) is 0 Å². The molecule has 0 aromatic rings. The van der Waals surface area contributed by atoms with Gasteiger partial charge in [-0.1, -0.05) is 20.8 Å². The minimum Gasteiger partial charge on any atom is -0.778 e. The predicted molar refractivity (Wildman–Crippen MR) is 56.2 cm³/mol. The van der Waals surface area contributed by atoms with E-state index in [-0.39, 0.29) is 6.61 Å². The highest BCUT2D eigenvalue weighted by molar-refractivity contribution is 7.53. The maximum absolute atomic E-state index is 11.5. The molecule has 0 heterocycles. The summed E-state index contributed by atoms with van der Waals surface area (Å²) in [6, 6.07) is 0. The van der Waals surface area contributed by atoms with Crippen molar-refractivity contribution in [2.24, 2.45) is 0 Å². The zero-order valence-electron chi connectivity index (χ0n) is 10.0. The molecule has 0 aliphatic carbocycles. The van der Waals surface area contributed by atoms with Gasteiger partial charge in [0.2, 0.25) is 0 Å². The van der Waals surface area contributed by atoms with E-state index in [2.05, 4.69) is 0 Å². The Morgan fingerprint density at radius 2 is 1.71 bits per heavy atom. The van der Waals surface area contributed by atoms with E-state index < -0.39 is 12.8 Å². The average molecular weight is 223 g/mol. The highest BCUT2D eigenvalue weighted by atomic mass is 31.2. The Hall–Kier alpha value is 0.110. The molecule has 1 atom stereocenters. The second-order valence-electron chi connectivity index (χ2n) is 5.52. The van der Waals surface area contributed by atoms with Crippen LogP contribution in [-0.4, -0.2) is 43.9 Å². The zero-order valence-corrected chi connectivity index (χ0v) is 10.9. The molecule has 0 radical (unpaired) electrons. The van der Waals surface area contributed by atoms with Crippen molar-refractivity contribution in [3.63, 3.8) is 0 Å². The largest absolute Gasteiger partial charge is 0.778 e. The third kappa shape index (κ3) is 5.11. The first kappa shape index (κ1) is 14.1. The van der Waals surface area contributed by atoms with E-state index in [1.807, 2.05) is 21.1 Å². The molecule has 0 N–H and O–H groups in total. The van der Waals surface area contributed by atoms with Crippen molar-refractivity contribution < 1.29 is 18.5 Å². The summed E-state index contributed by atoms with van der Waals surface area (Å²) in [5.74, 6) is 0. The summed E-state index contributed by atoms with van der Waals surface area (Å²) in [5, 5.41) is -0.808. The molecule has 0 spiro atoms. The molecule has 0 rings (SSSR count). The molecule has 0 amide bonds. The Kier molecular flexibility index (Phi) is 4.35. The maximum Gasteiger partial charge on any atom is 0.140 e. The van der Waals surface area contributed by atoms with Gasteiger partial charge in [-0.3, -0.25) is 0 Å². The molecule has 0 aliphatic rings. The van der Waals surface area contributed by atoms with Gasteiger partial charge in [0, 0.05) is 5.16 Å². The second kappa shape index (κ2) is 4.31. The third-order valence-corrected chi connectivity index (χ3v) is 4.01. The fourth-order valence-corrected chi connectivity index (χ4v) is 1.34. The van der Waals surface area contributed by atoms with Gasteiger partial charge in [0.05, 0.1) is 21.1 Å². The number of quaternary nitrogens is 1. The van der Waals surface area contributed by atoms with Gasteiger partial charge in [-0.2, -0.15) is 0 Å². The molecule has 0 aromatic carbocycles. The van der Waals surface area contributed by atoms with Crippen molar-refractivity contribution in [2.45, 2.75) is 25.9 Å². The minimum absolute atomic E-state index is 0.252. The molecule has 4 nitrogen and oxygen atoms in total. The van der Waals surface area contributed by atoms with Crippen molar-refractivity contribution in [2.75, 3.05) is 34.3 Å². The van der Waals surface area contributed by atoms with E-state index in [1.54, 1.807) is 20.8 Å². The van der Waals surface area contributed by atoms with Gasteiger partial charge in [-0.15, -0.1) is 0 Å². The van der Waals surface area contributed by atoms with Crippen LogP contribution < -0.4 is 4.89 Å². The standard InChI is InChI=1S/C9H22NO3P/c1-9(2,3)14(11,12)13-8-7-10(4,5)6/h7-8H2,1-6H3. The Morgan fingerprint density at radius 3 is 2.00 bits per heavy atom. The second-order valence-corrected chi connectivity index (χ2v) is 8.11. The average Bonchev–Trinajstić information content (AvgIpc) is 1.80. The molecule has 0 bridgehead atoms. The number of hydrogen-bond donors (Lipinski definition) is 0. The summed E-state index contributed by atoms with van der Waals surface area (Å²) in [6.07, 6.45) is 0. The summed E-state index contributed by atoms with van der Waals surface area (Å²) in [6.45, 7) is 5.87. The lowest BCUT2D eigenvalue weighted by Gasteiger charge is -2.36. The van der Waals surface area contributed by atoms with Crippen molar-refractivity contribution in [1.82, 2.24) is 0 Å². The molecule has 1 unspecified atom stereocenters. The van der Waals surface area contributed by atoms with Crippen molar-refractivity contribution in [3.05, 3.63) is 0 Å². The molecule has 5 heteroatoms. The van der Waals surface area contributed by atoms with Gasteiger partial charge < -0.3 is 18.5 Å². The van der Waals surface area contributed by atoms with E-state index in [9.17, 15) is 9.46 Å². The molecule has 0 saturated heterocycles. The van der Waals surface area contributed by atoms with Crippen molar-refractivity contribution in [1.29, 1.82) is 0 Å². The number of hydrogen-bond acceptors (Lipinski definition) is 3. The summed E-state index contributed by atoms with van der Waals surface area (Å²) < 4.78 is 17.2. The summed E-state index contributed by atoms with van der Waals surface area (Å²) >= 11 is 0. The summed E-state index contributed by atoms with van der Waals surface area (Å²) in [5.41, 5.74) is 0. The van der Waals surface area contributed by atoms with Crippen LogP contribution >= 0.6 is 7.60 Å². The first-order valence-corrected chi connectivity index (χ1v) is 6.26. The van der Waals surface area contributed by atoms with Gasteiger partial charge in [0.1, 0.15) is 20.7 Å². The minimum atomic E-state index is -3.72. The lowest BCUT2D eigenvalue weighted by molar-refractivity contribution is -0.870. The molecule has 0 fully saturated rings. The Bertz CT molecular complexity index is 227. The lowest BCUT2D eigenvalue weighted by atomic mass is 10.3. The van der Waals surface area contributed by atoms with Crippen LogP contribution in [0.4, 0.5) is 0 Å². The van der Waals surface area contributed by atoms with Gasteiger partial charge in [0.15, 0.2) is 0 Å². The molecular weight excluding hydrogens is 201 g/mol. The first-order valence-electron chi connectivity index (χ1n) is 4.72. The molecule has 0 aliphatic heterocycles. The maximum atomic E-state index is 11.5. The van der Waals surface area contributed by atoms with Gasteiger partial charge in [-0.05, 0) is 0 Å². The fraction of sp³-hybridized carbons (Fsp3) is 1.00. The van der Waals surface area contributed by atoms with Crippen LogP contribution in [0.1, 0.15) is 20.8 Å². The topological polar surface area (TPSA) is 49.4 Å². The van der Waals surface area contributed by atoms with Crippen molar-refractivity contribution >= 4 is 7.60 Å². The third-order valence-electron chi connectivity index (χ3n) is 1.84. The summed E-state index contributed by atoms with van der Waals surface area (Å²) in [4.78, 5) is 11.5. The van der Waals surface area contributed by atoms with E-state index >= 15 is 0 Å². The van der Waals surface area contributed by atoms with Crippen LogP contribution in [0.3, 0.4) is 0 Å². The number of rotatable bonds is 4. The quantitative estimate of drug-likeness (QED) is 0.529. The van der Waals surface area contributed by atoms with Crippen LogP contribution in [0.2, 0.25) is 0 Å². The molecule has 14 heavy (non-hydrogen) atoms. The van der Waals surface area contributed by atoms with E-state index in [0.717, 1.165) is 0 Å². The van der Waals surface area contributed by atoms with E-state index in [4.69, 9.17) is 4.52 Å². The van der Waals surface area contributed by atoms with Crippen LogP contribution in [-0.2, 0) is 9.09 Å². The lowest BCUT2D eigenvalue weighted by Crippen LogP contribution is -2.38. The molecule has 86 valence electrons. The molecular formula is C9H22NO3P. The Balaban J connectivity index is 4.09. The van der Waals surface area contributed by atoms with Crippen LogP contribution in [0.15, 0.2) is 0 Å². The zero-order chi connectivity index (χ0) is 11.6. The summed E-state index contributed by atoms with van der Waals surface area (Å²) in [7, 11) is 2.27. The SMILES string of the molecule is CC(C)(C)P(=O)([O-])OCC[N+](C)(C)C. The van der Waals surface area contributed by atoms with Crippen LogP contribution in [0, 0.1) is 0 Å². The smallest absolute Gasteiger partial charge is 0.140 e. The van der Waals surface area contributed by atoms with E-state index in [1.165, 1.54) is 0 Å². The highest BCUT2D eigenvalue weighted by Crippen LogP contribution is 2.50. The number of likely N-dealkylation sites (N-methyl/N-ethyl adjacent to an activating group) is 1. The van der Waals surface area contributed by atoms with Gasteiger partial charge in [0.25, 0.3) is 0 Å². The monoisotopic (exact) mass is 223 g/mol. The van der Waals surface area contributed by atoms with E-state index in [0.29, 0.717) is 11.0 Å². The predicted octanol–water partition coefficient (Wildman–Crippen LogP) is 1.06. The molecule has 0 saturated carbocycles. The normalized spacial score (nSPS) is 17.9. The highest BCUT2D eigenvalue weighted by Gasteiger charge is 2.27.